The average Bonchev–Trinajstić information content (AvgIpc) is 2.87. The fourth-order valence-corrected chi connectivity index (χ4v) is 4.30. The van der Waals surface area contributed by atoms with Gasteiger partial charge in [0.15, 0.2) is 11.5 Å². The Hall–Kier alpha value is -2.90. The fourth-order valence-electron chi connectivity index (χ4n) is 4.30. The highest BCUT2D eigenvalue weighted by molar-refractivity contribution is 5.89. The molecule has 206 valence electrons. The van der Waals surface area contributed by atoms with Crippen LogP contribution in [0.2, 0.25) is 0 Å². The second-order valence-corrected chi connectivity index (χ2v) is 9.60. The zero-order valence-electron chi connectivity index (χ0n) is 21.1. The Labute approximate surface area is 214 Å². The van der Waals surface area contributed by atoms with Gasteiger partial charge in [0.05, 0.1) is 25.4 Å². The van der Waals surface area contributed by atoms with E-state index in [0.29, 0.717) is 24.8 Å². The summed E-state index contributed by atoms with van der Waals surface area (Å²) in [5.74, 6) is -2.01. The monoisotopic (exact) mass is 526 g/mol. The van der Waals surface area contributed by atoms with Gasteiger partial charge >= 0.3 is 11.9 Å². The molecule has 3 rings (SSSR count). The molecular formula is C25H34O12. The highest BCUT2D eigenvalue weighted by Gasteiger charge is 2.46. The van der Waals surface area contributed by atoms with E-state index < -0.39 is 54.9 Å². The van der Waals surface area contributed by atoms with Crippen molar-refractivity contribution in [2.45, 2.75) is 69.4 Å². The van der Waals surface area contributed by atoms with Gasteiger partial charge in [-0.25, -0.2) is 9.59 Å². The van der Waals surface area contributed by atoms with Gasteiger partial charge < -0.3 is 49.2 Å². The van der Waals surface area contributed by atoms with Crippen molar-refractivity contribution in [1.29, 1.82) is 0 Å². The number of carbonyl (C=O) groups excluding carboxylic acids is 1. The van der Waals surface area contributed by atoms with Crippen LogP contribution in [0.4, 0.5) is 0 Å². The maximum atomic E-state index is 12.6. The highest BCUT2D eigenvalue weighted by atomic mass is 16.7. The minimum absolute atomic E-state index is 0.0145. The predicted molar refractivity (Wildman–Crippen MR) is 126 cm³/mol. The molecular weight excluding hydrogens is 492 g/mol. The molecule has 1 aliphatic heterocycles. The van der Waals surface area contributed by atoms with E-state index in [1.807, 2.05) is 0 Å². The number of methoxy groups -OCH3 is 2. The van der Waals surface area contributed by atoms with Crippen LogP contribution in [0, 0.1) is 5.92 Å². The number of carbonyl (C=O) groups is 2. The van der Waals surface area contributed by atoms with E-state index in [0.717, 1.165) is 0 Å². The topological polar surface area (TPSA) is 181 Å². The molecule has 1 heterocycles. The number of aliphatic hydroxyl groups is 4. The Morgan fingerprint density at radius 1 is 1.05 bits per heavy atom. The van der Waals surface area contributed by atoms with E-state index in [-0.39, 0.29) is 28.7 Å². The Morgan fingerprint density at radius 3 is 2.16 bits per heavy atom. The molecule has 2 aliphatic rings. The first-order valence-electron chi connectivity index (χ1n) is 11.8. The van der Waals surface area contributed by atoms with Crippen LogP contribution in [0.15, 0.2) is 23.8 Å². The van der Waals surface area contributed by atoms with Crippen molar-refractivity contribution >= 4 is 11.9 Å². The van der Waals surface area contributed by atoms with Crippen molar-refractivity contribution in [3.05, 3.63) is 29.3 Å². The lowest BCUT2D eigenvalue weighted by Gasteiger charge is -2.40. The molecule has 1 fully saturated rings. The quantitative estimate of drug-likeness (QED) is 0.284. The molecule has 1 unspecified atom stereocenters. The van der Waals surface area contributed by atoms with Crippen LogP contribution in [-0.4, -0.2) is 94.6 Å². The number of carboxylic acids is 1. The van der Waals surface area contributed by atoms with Gasteiger partial charge in [0.25, 0.3) is 0 Å². The molecule has 12 heteroatoms. The minimum Gasteiger partial charge on any atom is -0.493 e. The van der Waals surface area contributed by atoms with Crippen LogP contribution in [0.1, 0.15) is 43.5 Å². The summed E-state index contributed by atoms with van der Waals surface area (Å²) in [7, 11) is 2.55. The van der Waals surface area contributed by atoms with Crippen molar-refractivity contribution in [2.75, 3.05) is 20.8 Å². The molecule has 12 nitrogen and oxygen atoms in total. The fraction of sp³-hybridized carbons (Fsp3) is 0.600. The van der Waals surface area contributed by atoms with Gasteiger partial charge in [-0.3, -0.25) is 0 Å². The SMILES string of the molecule is COc1cc(C(=O)O)cc(OC)c1O[C@@H]1O[C@H](COC(=O)C2=CCC(C(C)(C)O)CC2)[C@@H](O)[C@H](O)[C@H]1O. The summed E-state index contributed by atoms with van der Waals surface area (Å²) in [6.45, 7) is 3.00. The molecule has 5 N–H and O–H groups in total. The summed E-state index contributed by atoms with van der Waals surface area (Å²) in [6, 6.07) is 2.36. The number of hydrogen-bond acceptors (Lipinski definition) is 11. The summed E-state index contributed by atoms with van der Waals surface area (Å²) < 4.78 is 27.0. The van der Waals surface area contributed by atoms with Gasteiger partial charge in [0.2, 0.25) is 12.0 Å². The van der Waals surface area contributed by atoms with Crippen LogP contribution >= 0.6 is 0 Å². The van der Waals surface area contributed by atoms with E-state index >= 15 is 0 Å². The van der Waals surface area contributed by atoms with Gasteiger partial charge in [-0.15, -0.1) is 0 Å². The molecule has 0 spiro atoms. The largest absolute Gasteiger partial charge is 0.493 e. The predicted octanol–water partition coefficient (Wildman–Crippen LogP) is 0.629. The zero-order chi connectivity index (χ0) is 27.5. The number of carboxylic acid groups (broad SMARTS) is 1. The standard InChI is InChI=1S/C25H34O12/c1-25(2,32)14-7-5-12(6-8-14)23(31)35-11-17-18(26)19(27)20(28)24(36-17)37-21-15(33-3)9-13(22(29)30)10-16(21)34-4/h5,9-10,14,17-20,24,26-28,32H,6-8,11H2,1-4H3,(H,29,30)/t14?,17-,18-,19+,20-,24+/m1/s1. The van der Waals surface area contributed by atoms with E-state index in [4.69, 9.17) is 23.7 Å². The average molecular weight is 527 g/mol. The van der Waals surface area contributed by atoms with Gasteiger partial charge in [0.1, 0.15) is 31.0 Å². The number of benzene rings is 1. The number of ether oxygens (including phenoxy) is 5. The summed E-state index contributed by atoms with van der Waals surface area (Å²) >= 11 is 0. The molecule has 1 aromatic carbocycles. The van der Waals surface area contributed by atoms with Crippen LogP contribution < -0.4 is 14.2 Å². The van der Waals surface area contributed by atoms with Crippen molar-refractivity contribution < 1.29 is 58.8 Å². The first kappa shape index (κ1) is 28.7. The molecule has 6 atom stereocenters. The van der Waals surface area contributed by atoms with Gasteiger partial charge in [-0.2, -0.15) is 0 Å². The maximum absolute atomic E-state index is 12.6. The molecule has 0 radical (unpaired) electrons. The van der Waals surface area contributed by atoms with E-state index in [2.05, 4.69) is 0 Å². The van der Waals surface area contributed by atoms with Gasteiger partial charge in [0, 0.05) is 5.57 Å². The van der Waals surface area contributed by atoms with Crippen molar-refractivity contribution in [2.24, 2.45) is 5.92 Å². The van der Waals surface area contributed by atoms with Crippen molar-refractivity contribution in [3.8, 4) is 17.2 Å². The summed E-state index contributed by atoms with van der Waals surface area (Å²) in [5.41, 5.74) is -0.568. The molecule has 1 aromatic rings. The molecule has 0 amide bonds. The zero-order valence-corrected chi connectivity index (χ0v) is 21.1. The molecule has 0 saturated carbocycles. The molecule has 37 heavy (non-hydrogen) atoms. The summed E-state index contributed by atoms with van der Waals surface area (Å²) in [6.07, 6.45) is -4.56. The van der Waals surface area contributed by atoms with Crippen molar-refractivity contribution in [3.63, 3.8) is 0 Å². The van der Waals surface area contributed by atoms with E-state index in [1.54, 1.807) is 19.9 Å². The Balaban J connectivity index is 1.71. The normalized spacial score (nSPS) is 28.2. The summed E-state index contributed by atoms with van der Waals surface area (Å²) in [5, 5.41) is 50.7. The lowest BCUT2D eigenvalue weighted by atomic mass is 9.79. The molecule has 1 saturated heterocycles. The Morgan fingerprint density at radius 2 is 1.68 bits per heavy atom. The van der Waals surface area contributed by atoms with E-state index in [9.17, 15) is 35.1 Å². The second-order valence-electron chi connectivity index (χ2n) is 9.60. The smallest absolute Gasteiger partial charge is 0.335 e. The Kier molecular flexibility index (Phi) is 9.03. The number of aliphatic hydroxyl groups excluding tert-OH is 3. The van der Waals surface area contributed by atoms with Crippen LogP contribution in [0.3, 0.4) is 0 Å². The molecule has 0 aromatic heterocycles. The number of allylic oxidation sites excluding steroid dienone is 1. The highest BCUT2D eigenvalue weighted by Crippen LogP contribution is 2.40. The second kappa shape index (κ2) is 11.7. The molecule has 1 aliphatic carbocycles. The van der Waals surface area contributed by atoms with Gasteiger partial charge in [-0.1, -0.05) is 6.08 Å². The number of hydrogen-bond donors (Lipinski definition) is 5. The van der Waals surface area contributed by atoms with E-state index in [1.165, 1.54) is 26.4 Å². The third-order valence-corrected chi connectivity index (χ3v) is 6.66. The number of aromatic carboxylic acids is 1. The van der Waals surface area contributed by atoms with Crippen LogP contribution in [-0.2, 0) is 14.3 Å². The number of esters is 1. The van der Waals surface area contributed by atoms with Crippen LogP contribution in [0.25, 0.3) is 0 Å². The first-order chi connectivity index (χ1) is 17.4. The minimum atomic E-state index is -1.71. The maximum Gasteiger partial charge on any atom is 0.335 e. The first-order valence-corrected chi connectivity index (χ1v) is 11.8. The molecule has 0 bridgehead atoms. The third-order valence-electron chi connectivity index (χ3n) is 6.66. The van der Waals surface area contributed by atoms with Crippen LogP contribution in [0.5, 0.6) is 17.2 Å². The Bertz CT molecular complexity index is 988. The lowest BCUT2D eigenvalue weighted by molar-refractivity contribution is -0.278. The van der Waals surface area contributed by atoms with Gasteiger partial charge in [-0.05, 0) is 51.2 Å². The summed E-state index contributed by atoms with van der Waals surface area (Å²) in [4.78, 5) is 23.9. The lowest BCUT2D eigenvalue weighted by Crippen LogP contribution is -2.60. The third kappa shape index (κ3) is 6.51. The van der Waals surface area contributed by atoms with Crippen molar-refractivity contribution in [1.82, 2.24) is 0 Å². The number of rotatable bonds is 9.